The highest BCUT2D eigenvalue weighted by Gasteiger charge is 2.14. The van der Waals surface area contributed by atoms with E-state index in [2.05, 4.69) is 37.7 Å². The molecule has 0 saturated heterocycles. The topological polar surface area (TPSA) is 106 Å². The molecule has 0 aliphatic heterocycles. The molecular weight excluding hydrogens is 352 g/mol. The van der Waals surface area contributed by atoms with E-state index in [-0.39, 0.29) is 11.9 Å². The van der Waals surface area contributed by atoms with Gasteiger partial charge < -0.3 is 15.2 Å². The van der Waals surface area contributed by atoms with Crippen molar-refractivity contribution in [2.45, 2.75) is 39.8 Å². The maximum absolute atomic E-state index is 12.2. The molecule has 9 heteroatoms. The standard InChI is InChI=1S/C17H20N6O2S/c1-4-13-9-26-15(22-13)8-19-16(24)12-5-6-14(18-7-12)20-10(2)17-21-11(3)23-25-17/h5-7,9-10H,4,8H2,1-3H3,(H,18,20)(H,19,24). The minimum Gasteiger partial charge on any atom is -0.359 e. The minimum absolute atomic E-state index is 0.180. The van der Waals surface area contributed by atoms with Gasteiger partial charge in [0.25, 0.3) is 5.91 Å². The van der Waals surface area contributed by atoms with Crippen molar-refractivity contribution in [3.63, 3.8) is 0 Å². The lowest BCUT2D eigenvalue weighted by Gasteiger charge is -2.10. The zero-order valence-corrected chi connectivity index (χ0v) is 15.6. The number of anilines is 1. The Morgan fingerprint density at radius 3 is 2.81 bits per heavy atom. The van der Waals surface area contributed by atoms with Crippen LogP contribution < -0.4 is 10.6 Å². The van der Waals surface area contributed by atoms with Gasteiger partial charge in [-0.05, 0) is 32.4 Å². The van der Waals surface area contributed by atoms with Crippen LogP contribution in [0.15, 0.2) is 28.2 Å². The molecule has 1 atom stereocenters. The monoisotopic (exact) mass is 372 g/mol. The van der Waals surface area contributed by atoms with E-state index < -0.39 is 0 Å². The molecule has 3 heterocycles. The highest BCUT2D eigenvalue weighted by molar-refractivity contribution is 7.09. The third-order valence-electron chi connectivity index (χ3n) is 3.67. The summed E-state index contributed by atoms with van der Waals surface area (Å²) >= 11 is 1.55. The van der Waals surface area contributed by atoms with Gasteiger partial charge in [-0.2, -0.15) is 4.98 Å². The number of nitrogens with one attached hydrogen (secondary N) is 2. The molecule has 1 unspecified atom stereocenters. The van der Waals surface area contributed by atoms with Crippen LogP contribution in [0.5, 0.6) is 0 Å². The average Bonchev–Trinajstić information content (AvgIpc) is 3.29. The maximum atomic E-state index is 12.2. The molecule has 0 bridgehead atoms. The molecule has 0 fully saturated rings. The molecule has 136 valence electrons. The van der Waals surface area contributed by atoms with Crippen LogP contribution in [0.1, 0.15) is 52.7 Å². The largest absolute Gasteiger partial charge is 0.359 e. The fourth-order valence-corrected chi connectivity index (χ4v) is 3.05. The number of carbonyl (C=O) groups excluding carboxylic acids is 1. The van der Waals surface area contributed by atoms with Gasteiger partial charge in [-0.1, -0.05) is 12.1 Å². The first-order chi connectivity index (χ1) is 12.5. The van der Waals surface area contributed by atoms with Gasteiger partial charge >= 0.3 is 0 Å². The molecule has 26 heavy (non-hydrogen) atoms. The number of amides is 1. The molecule has 1 amide bonds. The van der Waals surface area contributed by atoms with Crippen LogP contribution in [0.4, 0.5) is 5.82 Å². The van der Waals surface area contributed by atoms with E-state index in [1.54, 1.807) is 30.4 Å². The van der Waals surface area contributed by atoms with Gasteiger partial charge in [0.1, 0.15) is 16.9 Å². The number of hydrogen-bond acceptors (Lipinski definition) is 8. The summed E-state index contributed by atoms with van der Waals surface area (Å²) in [6, 6.07) is 3.28. The molecule has 3 aromatic rings. The van der Waals surface area contributed by atoms with Gasteiger partial charge in [0.05, 0.1) is 17.8 Å². The van der Waals surface area contributed by atoms with Gasteiger partial charge in [0.2, 0.25) is 5.89 Å². The van der Waals surface area contributed by atoms with E-state index in [0.717, 1.165) is 17.1 Å². The number of pyridine rings is 1. The fraction of sp³-hybridized carbons (Fsp3) is 0.353. The van der Waals surface area contributed by atoms with Crippen LogP contribution in [-0.2, 0) is 13.0 Å². The van der Waals surface area contributed by atoms with Crippen molar-refractivity contribution in [2.75, 3.05) is 5.32 Å². The van der Waals surface area contributed by atoms with E-state index in [4.69, 9.17) is 4.52 Å². The van der Waals surface area contributed by atoms with Crippen LogP contribution in [0.3, 0.4) is 0 Å². The van der Waals surface area contributed by atoms with Gasteiger partial charge in [-0.3, -0.25) is 4.79 Å². The summed E-state index contributed by atoms with van der Waals surface area (Å²) in [6.07, 6.45) is 2.42. The SMILES string of the molecule is CCc1csc(CNC(=O)c2ccc(NC(C)c3nc(C)no3)nc2)n1. The van der Waals surface area contributed by atoms with Crippen LogP contribution in [0.25, 0.3) is 0 Å². The van der Waals surface area contributed by atoms with Crippen molar-refractivity contribution in [3.8, 4) is 0 Å². The number of aromatic nitrogens is 4. The average molecular weight is 372 g/mol. The fourth-order valence-electron chi connectivity index (χ4n) is 2.24. The Morgan fingerprint density at radius 2 is 2.19 bits per heavy atom. The summed E-state index contributed by atoms with van der Waals surface area (Å²) < 4.78 is 5.12. The molecular formula is C17H20N6O2S. The predicted molar refractivity (Wildman–Crippen MR) is 98.0 cm³/mol. The first kappa shape index (κ1) is 18.0. The van der Waals surface area contributed by atoms with Crippen LogP contribution in [0, 0.1) is 6.92 Å². The number of nitrogens with zero attached hydrogens (tertiary/aromatic N) is 4. The van der Waals surface area contributed by atoms with Crippen LogP contribution in [0.2, 0.25) is 0 Å². The maximum Gasteiger partial charge on any atom is 0.253 e. The van der Waals surface area contributed by atoms with E-state index in [1.807, 2.05) is 12.3 Å². The minimum atomic E-state index is -0.183. The summed E-state index contributed by atoms with van der Waals surface area (Å²) in [5.41, 5.74) is 1.53. The number of thiazole rings is 1. The van der Waals surface area contributed by atoms with Crippen molar-refractivity contribution in [1.29, 1.82) is 0 Å². The summed E-state index contributed by atoms with van der Waals surface area (Å²) in [7, 11) is 0. The lowest BCUT2D eigenvalue weighted by Crippen LogP contribution is -2.23. The smallest absolute Gasteiger partial charge is 0.253 e. The van der Waals surface area contributed by atoms with E-state index in [0.29, 0.717) is 29.6 Å². The van der Waals surface area contributed by atoms with E-state index >= 15 is 0 Å². The molecule has 0 radical (unpaired) electrons. The number of aryl methyl sites for hydroxylation is 2. The van der Waals surface area contributed by atoms with Crippen LogP contribution >= 0.6 is 11.3 Å². The molecule has 3 aromatic heterocycles. The molecule has 2 N–H and O–H groups in total. The van der Waals surface area contributed by atoms with Crippen molar-refractivity contribution in [3.05, 3.63) is 51.7 Å². The quantitative estimate of drug-likeness (QED) is 0.657. The zero-order chi connectivity index (χ0) is 18.5. The van der Waals surface area contributed by atoms with E-state index in [1.165, 1.54) is 6.20 Å². The van der Waals surface area contributed by atoms with Crippen molar-refractivity contribution in [1.82, 2.24) is 25.4 Å². The first-order valence-corrected chi connectivity index (χ1v) is 9.17. The summed E-state index contributed by atoms with van der Waals surface area (Å²) in [5.74, 6) is 1.51. The van der Waals surface area contributed by atoms with Gasteiger partial charge in [-0.25, -0.2) is 9.97 Å². The van der Waals surface area contributed by atoms with Gasteiger partial charge in [-0.15, -0.1) is 11.3 Å². The molecule has 0 aliphatic carbocycles. The van der Waals surface area contributed by atoms with Crippen LogP contribution in [-0.4, -0.2) is 26.0 Å². The lowest BCUT2D eigenvalue weighted by molar-refractivity contribution is 0.0950. The van der Waals surface area contributed by atoms with Crippen molar-refractivity contribution in [2.24, 2.45) is 0 Å². The molecule has 0 saturated carbocycles. The molecule has 0 aromatic carbocycles. The number of carbonyl (C=O) groups is 1. The second kappa shape index (κ2) is 8.05. The van der Waals surface area contributed by atoms with Gasteiger partial charge in [0.15, 0.2) is 5.82 Å². The van der Waals surface area contributed by atoms with Gasteiger partial charge in [0, 0.05) is 11.6 Å². The number of rotatable bonds is 7. The zero-order valence-electron chi connectivity index (χ0n) is 14.8. The second-order valence-corrected chi connectivity index (χ2v) is 6.69. The van der Waals surface area contributed by atoms with Crippen molar-refractivity contribution < 1.29 is 9.32 Å². The second-order valence-electron chi connectivity index (χ2n) is 5.75. The van der Waals surface area contributed by atoms with E-state index in [9.17, 15) is 4.79 Å². The Kier molecular flexibility index (Phi) is 5.57. The molecule has 0 spiro atoms. The third kappa shape index (κ3) is 4.42. The molecule has 0 aliphatic rings. The Bertz CT molecular complexity index is 874. The lowest BCUT2D eigenvalue weighted by atomic mass is 10.2. The Morgan fingerprint density at radius 1 is 1.35 bits per heavy atom. The normalized spacial score (nSPS) is 12.0. The predicted octanol–water partition coefficient (Wildman–Crippen LogP) is 2.90. The molecule has 3 rings (SSSR count). The number of hydrogen-bond donors (Lipinski definition) is 2. The third-order valence-corrected chi connectivity index (χ3v) is 4.56. The summed E-state index contributed by atoms with van der Waals surface area (Å²) in [5, 5.41) is 12.7. The summed E-state index contributed by atoms with van der Waals surface area (Å²) in [6.45, 7) is 6.13. The first-order valence-electron chi connectivity index (χ1n) is 8.29. The highest BCUT2D eigenvalue weighted by atomic mass is 32.1. The summed E-state index contributed by atoms with van der Waals surface area (Å²) in [4.78, 5) is 25.1. The Balaban J connectivity index is 1.55. The van der Waals surface area contributed by atoms with Crippen molar-refractivity contribution >= 4 is 23.1 Å². The highest BCUT2D eigenvalue weighted by Crippen LogP contribution is 2.16. The Hall–Kier alpha value is -2.81. The Labute approximate surface area is 155 Å². The molecule has 8 nitrogen and oxygen atoms in total.